The molecule has 4 rings (SSSR count). The molecule has 3 heterocycles. The Hall–Kier alpha value is -3.73. The number of aromatic nitrogens is 3. The maximum absolute atomic E-state index is 13.1. The molecule has 2 aromatic heterocycles. The van der Waals surface area contributed by atoms with Gasteiger partial charge in [-0.3, -0.25) is 9.20 Å². The molecule has 1 atom stereocenters. The molecule has 1 unspecified atom stereocenters. The summed E-state index contributed by atoms with van der Waals surface area (Å²) in [6.45, 7) is 13.4. The van der Waals surface area contributed by atoms with Crippen LogP contribution in [-0.4, -0.2) is 44.6 Å². The number of likely N-dealkylation sites (tertiary alicyclic amines) is 1. The van der Waals surface area contributed by atoms with Gasteiger partial charge in [0.15, 0.2) is 6.19 Å². The van der Waals surface area contributed by atoms with Crippen LogP contribution >= 0.6 is 0 Å². The van der Waals surface area contributed by atoms with Crippen molar-refractivity contribution in [3.05, 3.63) is 59.2 Å². The lowest BCUT2D eigenvalue weighted by molar-refractivity contribution is 0.114. The van der Waals surface area contributed by atoms with Crippen LogP contribution in [0.4, 0.5) is 5.69 Å². The first kappa shape index (κ1) is 26.3. The molecule has 1 fully saturated rings. The summed E-state index contributed by atoms with van der Waals surface area (Å²) in [5.41, 5.74) is 3.94. The zero-order valence-corrected chi connectivity index (χ0v) is 22.3. The lowest BCUT2D eigenvalue weighted by Gasteiger charge is -2.28. The number of ether oxygens (including phenoxy) is 1. The van der Waals surface area contributed by atoms with Crippen LogP contribution < -0.4 is 15.2 Å². The van der Waals surface area contributed by atoms with Gasteiger partial charge in [-0.15, -0.1) is 0 Å². The van der Waals surface area contributed by atoms with Gasteiger partial charge in [0.1, 0.15) is 6.10 Å². The van der Waals surface area contributed by atoms with E-state index in [1.54, 1.807) is 9.30 Å². The van der Waals surface area contributed by atoms with Crippen LogP contribution in [0.25, 0.3) is 17.0 Å². The molecule has 0 amide bonds. The topological polar surface area (TPSA) is 78.8 Å². The number of nitriles is 1. The monoisotopic (exact) mass is 502 g/mol. The quantitative estimate of drug-likeness (QED) is 0.257. The van der Waals surface area contributed by atoms with Gasteiger partial charge in [0.05, 0.1) is 18.3 Å². The van der Waals surface area contributed by atoms with E-state index in [4.69, 9.17) is 9.72 Å². The van der Waals surface area contributed by atoms with Crippen LogP contribution in [0.5, 0.6) is 5.88 Å². The van der Waals surface area contributed by atoms with Crippen molar-refractivity contribution in [2.75, 3.05) is 24.5 Å². The number of fused-ring (bicyclic) bond motifs is 1. The number of anilines is 1. The predicted molar refractivity (Wildman–Crippen MR) is 148 cm³/mol. The van der Waals surface area contributed by atoms with Crippen molar-refractivity contribution in [2.24, 2.45) is 0 Å². The molecule has 0 N–H and O–H groups in total. The second kappa shape index (κ2) is 12.0. The van der Waals surface area contributed by atoms with Gasteiger partial charge in [-0.1, -0.05) is 45.4 Å². The number of piperidine rings is 1. The molecule has 0 aliphatic carbocycles. The Balaban J connectivity index is 1.70. The molecule has 1 aliphatic rings. The maximum Gasteiger partial charge on any atom is 0.262 e. The number of aryl methyl sites for hydroxylation is 1. The first-order valence-corrected chi connectivity index (χ1v) is 13.4. The molecule has 1 saturated heterocycles. The van der Waals surface area contributed by atoms with Crippen LogP contribution in [0.2, 0.25) is 0 Å². The van der Waals surface area contributed by atoms with Crippen molar-refractivity contribution in [2.45, 2.75) is 71.9 Å². The number of hydrogen-bond donors (Lipinski definition) is 0. The molecule has 0 spiro atoms. The fraction of sp³-hybridized carbons (Fsp3) is 0.483. The molecule has 1 aliphatic heterocycles. The predicted octanol–water partition coefficient (Wildman–Crippen LogP) is 5.43. The molecule has 0 saturated carbocycles. The second-order valence-corrected chi connectivity index (χ2v) is 9.84. The SMILES string of the molecule is C=C(C)N(CCC)c1ccc(-c2cn3c(=O)cc(OC4CCCN(C#N)C4)nc3n2CCCCC)cc1. The summed E-state index contributed by atoms with van der Waals surface area (Å²) in [6, 6.07) is 9.89. The highest BCUT2D eigenvalue weighted by molar-refractivity contribution is 5.66. The molecule has 0 radical (unpaired) electrons. The van der Waals surface area contributed by atoms with Gasteiger partial charge in [-0.05, 0) is 50.3 Å². The molecular weight excluding hydrogens is 464 g/mol. The van der Waals surface area contributed by atoms with Crippen molar-refractivity contribution in [3.63, 3.8) is 0 Å². The third-order valence-corrected chi connectivity index (χ3v) is 6.87. The van der Waals surface area contributed by atoms with Crippen LogP contribution in [0, 0.1) is 11.5 Å². The van der Waals surface area contributed by atoms with Crippen molar-refractivity contribution in [3.8, 4) is 23.3 Å². The standard InChI is InChI=1S/C29H38N6O2/c1-5-7-8-17-34-26(23-11-13-24(14-12-23)33(15-6-2)22(3)4)20-35-28(36)18-27(31-29(34)35)37-25-10-9-16-32(19-25)21-30/h11-14,18,20,25H,3,5-10,15-17,19H2,1-2,4H3. The van der Waals surface area contributed by atoms with Gasteiger partial charge >= 0.3 is 0 Å². The highest BCUT2D eigenvalue weighted by atomic mass is 16.5. The summed E-state index contributed by atoms with van der Waals surface area (Å²) in [4.78, 5) is 21.8. The third kappa shape index (κ3) is 5.99. The molecule has 0 bridgehead atoms. The Morgan fingerprint density at radius 3 is 2.70 bits per heavy atom. The van der Waals surface area contributed by atoms with Gasteiger partial charge in [-0.2, -0.15) is 10.2 Å². The number of rotatable bonds is 11. The summed E-state index contributed by atoms with van der Waals surface area (Å²) in [7, 11) is 0. The molecular formula is C29H38N6O2. The molecule has 196 valence electrons. The largest absolute Gasteiger partial charge is 0.472 e. The van der Waals surface area contributed by atoms with E-state index in [-0.39, 0.29) is 11.7 Å². The van der Waals surface area contributed by atoms with E-state index in [1.165, 1.54) is 6.07 Å². The zero-order valence-electron chi connectivity index (χ0n) is 22.3. The molecule has 1 aromatic carbocycles. The van der Waals surface area contributed by atoms with E-state index in [0.29, 0.717) is 18.2 Å². The van der Waals surface area contributed by atoms with Crippen LogP contribution in [0.15, 0.2) is 53.6 Å². The van der Waals surface area contributed by atoms with E-state index in [2.05, 4.69) is 60.4 Å². The van der Waals surface area contributed by atoms with Gasteiger partial charge in [0, 0.05) is 37.2 Å². The van der Waals surface area contributed by atoms with Crippen LogP contribution in [0.1, 0.15) is 59.3 Å². The third-order valence-electron chi connectivity index (χ3n) is 6.87. The average molecular weight is 503 g/mol. The maximum atomic E-state index is 13.1. The zero-order chi connectivity index (χ0) is 26.4. The van der Waals surface area contributed by atoms with Crippen molar-refractivity contribution in [1.82, 2.24) is 18.9 Å². The summed E-state index contributed by atoms with van der Waals surface area (Å²) in [5.74, 6) is 0.906. The van der Waals surface area contributed by atoms with Gasteiger partial charge in [-0.25, -0.2) is 0 Å². The molecule has 8 nitrogen and oxygen atoms in total. The molecule has 8 heteroatoms. The van der Waals surface area contributed by atoms with Gasteiger partial charge in [0.25, 0.3) is 5.56 Å². The van der Waals surface area contributed by atoms with Gasteiger partial charge < -0.3 is 19.1 Å². The average Bonchev–Trinajstić information content (AvgIpc) is 3.26. The lowest BCUT2D eigenvalue weighted by atomic mass is 10.1. The Labute approximate surface area is 219 Å². The highest BCUT2D eigenvalue weighted by Gasteiger charge is 2.22. The Morgan fingerprint density at radius 1 is 1.24 bits per heavy atom. The van der Waals surface area contributed by atoms with Crippen LogP contribution in [0.3, 0.4) is 0 Å². The number of unbranched alkanes of at least 4 members (excludes halogenated alkanes) is 2. The van der Waals surface area contributed by atoms with E-state index in [1.807, 2.05) is 13.1 Å². The first-order chi connectivity index (χ1) is 17.9. The Kier molecular flexibility index (Phi) is 8.54. The summed E-state index contributed by atoms with van der Waals surface area (Å²) < 4.78 is 9.86. The first-order valence-electron chi connectivity index (χ1n) is 13.4. The summed E-state index contributed by atoms with van der Waals surface area (Å²) in [6.07, 6.45) is 9.89. The second-order valence-electron chi connectivity index (χ2n) is 9.84. The van der Waals surface area contributed by atoms with E-state index >= 15 is 0 Å². The van der Waals surface area contributed by atoms with Gasteiger partial charge in [0.2, 0.25) is 11.7 Å². The smallest absolute Gasteiger partial charge is 0.262 e. The normalized spacial score (nSPS) is 15.5. The highest BCUT2D eigenvalue weighted by Crippen LogP contribution is 2.28. The number of nitrogens with zero attached hydrogens (tertiary/aromatic N) is 6. The molecule has 37 heavy (non-hydrogen) atoms. The van der Waals surface area contributed by atoms with Crippen molar-refractivity contribution < 1.29 is 4.74 Å². The summed E-state index contributed by atoms with van der Waals surface area (Å²) >= 11 is 0. The fourth-order valence-corrected chi connectivity index (χ4v) is 4.97. The number of imidazole rings is 1. The minimum Gasteiger partial charge on any atom is -0.472 e. The Bertz CT molecular complexity index is 1320. The van der Waals surface area contributed by atoms with E-state index in [0.717, 1.165) is 80.8 Å². The minimum atomic E-state index is -0.170. The van der Waals surface area contributed by atoms with E-state index in [9.17, 15) is 10.1 Å². The van der Waals surface area contributed by atoms with Crippen molar-refractivity contribution in [1.29, 1.82) is 5.26 Å². The lowest BCUT2D eigenvalue weighted by Crippen LogP contribution is -2.38. The number of hydrogen-bond acceptors (Lipinski definition) is 6. The fourth-order valence-electron chi connectivity index (χ4n) is 4.97. The van der Waals surface area contributed by atoms with E-state index < -0.39 is 0 Å². The molecule has 3 aromatic rings. The number of allylic oxidation sites excluding steroid dienone is 1. The van der Waals surface area contributed by atoms with Crippen LogP contribution in [-0.2, 0) is 6.54 Å². The number of benzene rings is 1. The minimum absolute atomic E-state index is 0.155. The van der Waals surface area contributed by atoms with Crippen molar-refractivity contribution >= 4 is 11.5 Å². The summed E-state index contributed by atoms with van der Waals surface area (Å²) in [5, 5.41) is 9.25. The Morgan fingerprint density at radius 2 is 2.03 bits per heavy atom.